The summed E-state index contributed by atoms with van der Waals surface area (Å²) in [6.07, 6.45) is 0. The first kappa shape index (κ1) is 16.8. The maximum atomic E-state index is 12.1. The second kappa shape index (κ2) is 6.47. The summed E-state index contributed by atoms with van der Waals surface area (Å²) in [6, 6.07) is 4.12. The van der Waals surface area contributed by atoms with Gasteiger partial charge in [0.05, 0.1) is 12.7 Å². The van der Waals surface area contributed by atoms with Gasteiger partial charge in [0.2, 0.25) is 5.91 Å². The summed E-state index contributed by atoms with van der Waals surface area (Å²) >= 11 is 0. The van der Waals surface area contributed by atoms with E-state index in [0.29, 0.717) is 17.0 Å². The SMILES string of the molecule is COc1ccc(C(=O)NC(C)C(=O)NC(C)(C)C)c(N)c1. The summed E-state index contributed by atoms with van der Waals surface area (Å²) < 4.78 is 5.03. The van der Waals surface area contributed by atoms with Crippen LogP contribution >= 0.6 is 0 Å². The van der Waals surface area contributed by atoms with Crippen molar-refractivity contribution in [1.82, 2.24) is 10.6 Å². The number of carbonyl (C=O) groups is 2. The zero-order valence-corrected chi connectivity index (χ0v) is 13.1. The molecular formula is C15H23N3O3. The average Bonchev–Trinajstić information content (AvgIpc) is 2.36. The predicted molar refractivity (Wildman–Crippen MR) is 82.2 cm³/mol. The van der Waals surface area contributed by atoms with Crippen molar-refractivity contribution in [3.05, 3.63) is 23.8 Å². The third-order valence-electron chi connectivity index (χ3n) is 2.74. The molecule has 6 nitrogen and oxygen atoms in total. The molecule has 0 aromatic heterocycles. The normalized spacial score (nSPS) is 12.4. The topological polar surface area (TPSA) is 93.4 Å². The largest absolute Gasteiger partial charge is 0.497 e. The summed E-state index contributed by atoms with van der Waals surface area (Å²) in [5.74, 6) is -0.0720. The molecule has 0 aliphatic heterocycles. The second-order valence-electron chi connectivity index (χ2n) is 5.89. The number of hydrogen-bond donors (Lipinski definition) is 3. The average molecular weight is 293 g/mol. The quantitative estimate of drug-likeness (QED) is 0.730. The summed E-state index contributed by atoms with van der Waals surface area (Å²) in [4.78, 5) is 24.1. The molecule has 0 bridgehead atoms. The van der Waals surface area contributed by atoms with Crippen LogP contribution in [0.1, 0.15) is 38.1 Å². The van der Waals surface area contributed by atoms with Crippen molar-refractivity contribution in [2.24, 2.45) is 0 Å². The van der Waals surface area contributed by atoms with E-state index in [1.165, 1.54) is 7.11 Å². The molecule has 116 valence electrons. The van der Waals surface area contributed by atoms with Crippen molar-refractivity contribution in [3.8, 4) is 5.75 Å². The molecule has 1 atom stereocenters. The number of rotatable bonds is 4. The smallest absolute Gasteiger partial charge is 0.254 e. The number of amides is 2. The number of hydrogen-bond acceptors (Lipinski definition) is 4. The van der Waals surface area contributed by atoms with E-state index in [9.17, 15) is 9.59 Å². The van der Waals surface area contributed by atoms with Crippen LogP contribution in [0.3, 0.4) is 0 Å². The number of carbonyl (C=O) groups excluding carboxylic acids is 2. The molecule has 0 saturated heterocycles. The molecular weight excluding hydrogens is 270 g/mol. The maximum absolute atomic E-state index is 12.1. The Kier molecular flexibility index (Phi) is 5.18. The molecule has 1 unspecified atom stereocenters. The minimum absolute atomic E-state index is 0.247. The first-order chi connectivity index (χ1) is 9.64. The molecule has 21 heavy (non-hydrogen) atoms. The number of anilines is 1. The van der Waals surface area contributed by atoms with E-state index < -0.39 is 11.9 Å². The van der Waals surface area contributed by atoms with Crippen molar-refractivity contribution in [2.75, 3.05) is 12.8 Å². The van der Waals surface area contributed by atoms with Crippen LogP contribution in [-0.2, 0) is 4.79 Å². The van der Waals surface area contributed by atoms with Crippen LogP contribution < -0.4 is 21.1 Å². The highest BCUT2D eigenvalue weighted by Crippen LogP contribution is 2.19. The molecule has 1 aromatic rings. The van der Waals surface area contributed by atoms with E-state index in [2.05, 4.69) is 10.6 Å². The molecule has 0 saturated carbocycles. The number of methoxy groups -OCH3 is 1. The van der Waals surface area contributed by atoms with Gasteiger partial charge in [-0.05, 0) is 39.8 Å². The Bertz CT molecular complexity index is 535. The minimum Gasteiger partial charge on any atom is -0.497 e. The maximum Gasteiger partial charge on any atom is 0.254 e. The van der Waals surface area contributed by atoms with Gasteiger partial charge in [-0.1, -0.05) is 0 Å². The predicted octanol–water partition coefficient (Wildman–Crippen LogP) is 1.31. The van der Waals surface area contributed by atoms with Crippen molar-refractivity contribution in [3.63, 3.8) is 0 Å². The molecule has 0 radical (unpaired) electrons. The monoisotopic (exact) mass is 293 g/mol. The van der Waals surface area contributed by atoms with Crippen molar-refractivity contribution < 1.29 is 14.3 Å². The summed E-state index contributed by atoms with van der Waals surface area (Å²) in [5.41, 5.74) is 6.07. The lowest BCUT2D eigenvalue weighted by Crippen LogP contribution is -2.50. The number of nitrogen functional groups attached to an aromatic ring is 1. The highest BCUT2D eigenvalue weighted by molar-refractivity contribution is 6.01. The van der Waals surface area contributed by atoms with E-state index in [1.807, 2.05) is 20.8 Å². The number of nitrogens with two attached hydrogens (primary N) is 1. The highest BCUT2D eigenvalue weighted by Gasteiger charge is 2.21. The number of benzene rings is 1. The van der Waals surface area contributed by atoms with Gasteiger partial charge in [0.1, 0.15) is 11.8 Å². The van der Waals surface area contributed by atoms with E-state index in [1.54, 1.807) is 25.1 Å². The van der Waals surface area contributed by atoms with Gasteiger partial charge in [0.25, 0.3) is 5.91 Å². The molecule has 1 rings (SSSR count). The fourth-order valence-electron chi connectivity index (χ4n) is 1.69. The van der Waals surface area contributed by atoms with Crippen LogP contribution in [-0.4, -0.2) is 30.5 Å². The Balaban J connectivity index is 2.75. The van der Waals surface area contributed by atoms with Crippen LogP contribution in [0.4, 0.5) is 5.69 Å². The molecule has 0 spiro atoms. The third kappa shape index (κ3) is 4.98. The van der Waals surface area contributed by atoms with E-state index in [-0.39, 0.29) is 11.4 Å². The van der Waals surface area contributed by atoms with Crippen LogP contribution in [0.15, 0.2) is 18.2 Å². The first-order valence-corrected chi connectivity index (χ1v) is 6.70. The molecule has 2 amide bonds. The summed E-state index contributed by atoms with van der Waals surface area (Å²) in [6.45, 7) is 7.25. The van der Waals surface area contributed by atoms with Gasteiger partial charge >= 0.3 is 0 Å². The molecule has 6 heteroatoms. The fraction of sp³-hybridized carbons (Fsp3) is 0.467. The standard InChI is InChI=1S/C15H23N3O3/c1-9(13(19)18-15(2,3)4)17-14(20)11-7-6-10(21-5)8-12(11)16/h6-9H,16H2,1-5H3,(H,17,20)(H,18,19). The first-order valence-electron chi connectivity index (χ1n) is 6.70. The Morgan fingerprint density at radius 3 is 2.38 bits per heavy atom. The second-order valence-corrected chi connectivity index (χ2v) is 5.89. The van der Waals surface area contributed by atoms with E-state index in [0.717, 1.165) is 0 Å². The molecule has 1 aromatic carbocycles. The van der Waals surface area contributed by atoms with Crippen molar-refractivity contribution >= 4 is 17.5 Å². The van der Waals surface area contributed by atoms with Gasteiger partial charge in [-0.2, -0.15) is 0 Å². The molecule has 0 heterocycles. The zero-order chi connectivity index (χ0) is 16.2. The van der Waals surface area contributed by atoms with E-state index in [4.69, 9.17) is 10.5 Å². The Morgan fingerprint density at radius 1 is 1.29 bits per heavy atom. The molecule has 0 fully saturated rings. The number of ether oxygens (including phenoxy) is 1. The van der Waals surface area contributed by atoms with Crippen molar-refractivity contribution in [1.29, 1.82) is 0 Å². The summed E-state index contributed by atoms with van der Waals surface area (Å²) in [7, 11) is 1.52. The van der Waals surface area contributed by atoms with Gasteiger partial charge in [-0.3, -0.25) is 9.59 Å². The van der Waals surface area contributed by atoms with Crippen molar-refractivity contribution in [2.45, 2.75) is 39.3 Å². The lowest BCUT2D eigenvalue weighted by molar-refractivity contribution is -0.124. The zero-order valence-electron chi connectivity index (χ0n) is 13.1. The molecule has 0 aliphatic carbocycles. The van der Waals surface area contributed by atoms with E-state index >= 15 is 0 Å². The van der Waals surface area contributed by atoms with Gasteiger partial charge in [0.15, 0.2) is 0 Å². The van der Waals surface area contributed by atoms with Crippen LogP contribution in [0.5, 0.6) is 5.75 Å². The Morgan fingerprint density at radius 2 is 1.90 bits per heavy atom. The fourth-order valence-corrected chi connectivity index (χ4v) is 1.69. The van der Waals surface area contributed by atoms with Gasteiger partial charge < -0.3 is 21.1 Å². The Hall–Kier alpha value is -2.24. The van der Waals surface area contributed by atoms with Crippen LogP contribution in [0.25, 0.3) is 0 Å². The van der Waals surface area contributed by atoms with Gasteiger partial charge in [0, 0.05) is 17.3 Å². The Labute approximate surface area is 125 Å². The minimum atomic E-state index is -0.654. The van der Waals surface area contributed by atoms with Crippen LogP contribution in [0.2, 0.25) is 0 Å². The highest BCUT2D eigenvalue weighted by atomic mass is 16.5. The third-order valence-corrected chi connectivity index (χ3v) is 2.74. The van der Waals surface area contributed by atoms with Gasteiger partial charge in [-0.25, -0.2) is 0 Å². The lowest BCUT2D eigenvalue weighted by Gasteiger charge is -2.23. The summed E-state index contributed by atoms with van der Waals surface area (Å²) in [5, 5.41) is 5.43. The lowest BCUT2D eigenvalue weighted by atomic mass is 10.1. The van der Waals surface area contributed by atoms with Gasteiger partial charge in [-0.15, -0.1) is 0 Å². The molecule has 4 N–H and O–H groups in total. The molecule has 0 aliphatic rings. The van der Waals surface area contributed by atoms with Crippen LogP contribution in [0, 0.1) is 0 Å². The number of nitrogens with one attached hydrogen (secondary N) is 2.